The van der Waals surface area contributed by atoms with Gasteiger partial charge in [0.15, 0.2) is 0 Å². The Morgan fingerprint density at radius 1 is 1.37 bits per heavy atom. The zero-order chi connectivity index (χ0) is 14.6. The Hall–Kier alpha value is -1.69. The maximum Gasteiger partial charge on any atom is 0.326 e. The summed E-state index contributed by atoms with van der Waals surface area (Å²) < 4.78 is 26.6. The van der Waals surface area contributed by atoms with Gasteiger partial charge in [0, 0.05) is 0 Å². The van der Waals surface area contributed by atoms with Crippen LogP contribution in [0.3, 0.4) is 0 Å². The van der Waals surface area contributed by atoms with E-state index in [9.17, 15) is 18.4 Å². The molecule has 0 aliphatic carbocycles. The molecule has 1 aromatic rings. The molecule has 0 aliphatic heterocycles. The second-order valence-electron chi connectivity index (χ2n) is 3.90. The lowest BCUT2D eigenvalue weighted by Gasteiger charge is -2.14. The average molecular weight is 292 g/mol. The van der Waals surface area contributed by atoms with Crippen molar-refractivity contribution in [3.8, 4) is 0 Å². The van der Waals surface area contributed by atoms with Crippen LogP contribution in [0.2, 0.25) is 5.02 Å². The molecule has 0 spiro atoms. The molecule has 2 N–H and O–H groups in total. The van der Waals surface area contributed by atoms with Crippen LogP contribution in [0, 0.1) is 11.6 Å². The van der Waals surface area contributed by atoms with Crippen molar-refractivity contribution in [3.63, 3.8) is 0 Å². The first-order valence-corrected chi connectivity index (χ1v) is 5.92. The second kappa shape index (κ2) is 6.47. The van der Waals surface area contributed by atoms with Crippen LogP contribution in [0.1, 0.15) is 30.1 Å². The third kappa shape index (κ3) is 3.89. The fourth-order valence-electron chi connectivity index (χ4n) is 1.48. The van der Waals surface area contributed by atoms with E-state index in [4.69, 9.17) is 16.7 Å². The lowest BCUT2D eigenvalue weighted by atomic mass is 10.1. The molecular formula is C12H12ClF2NO3. The third-order valence-electron chi connectivity index (χ3n) is 2.44. The number of carboxylic acid groups (broad SMARTS) is 1. The van der Waals surface area contributed by atoms with Gasteiger partial charge in [-0.05, 0) is 18.6 Å². The van der Waals surface area contributed by atoms with Crippen LogP contribution in [0.5, 0.6) is 0 Å². The highest BCUT2D eigenvalue weighted by molar-refractivity contribution is 6.30. The van der Waals surface area contributed by atoms with E-state index in [1.807, 2.05) is 0 Å². The quantitative estimate of drug-likeness (QED) is 0.820. The van der Waals surface area contributed by atoms with E-state index in [1.165, 1.54) is 0 Å². The lowest BCUT2D eigenvalue weighted by molar-refractivity contribution is -0.139. The Morgan fingerprint density at radius 2 is 2.00 bits per heavy atom. The molecule has 0 aliphatic rings. The molecule has 0 bridgehead atoms. The van der Waals surface area contributed by atoms with Crippen molar-refractivity contribution >= 4 is 23.5 Å². The Bertz CT molecular complexity index is 508. The normalized spacial score (nSPS) is 12.0. The number of nitrogens with one attached hydrogen (secondary N) is 1. The van der Waals surface area contributed by atoms with Crippen LogP contribution in [0.25, 0.3) is 0 Å². The highest BCUT2D eigenvalue weighted by atomic mass is 35.5. The topological polar surface area (TPSA) is 66.4 Å². The van der Waals surface area contributed by atoms with Crippen molar-refractivity contribution in [2.45, 2.75) is 25.8 Å². The van der Waals surface area contributed by atoms with Gasteiger partial charge in [0.1, 0.15) is 17.7 Å². The molecule has 0 saturated heterocycles. The highest BCUT2D eigenvalue weighted by Gasteiger charge is 2.22. The molecule has 0 fully saturated rings. The summed E-state index contributed by atoms with van der Waals surface area (Å²) in [5, 5.41) is 10.6. The van der Waals surface area contributed by atoms with E-state index in [0.717, 1.165) is 0 Å². The molecule has 0 heterocycles. The predicted molar refractivity (Wildman–Crippen MR) is 65.2 cm³/mol. The van der Waals surface area contributed by atoms with Gasteiger partial charge in [0.25, 0.3) is 5.91 Å². The number of carboxylic acids is 1. The number of carbonyl (C=O) groups is 2. The number of amides is 1. The van der Waals surface area contributed by atoms with Crippen molar-refractivity contribution in [1.29, 1.82) is 0 Å². The summed E-state index contributed by atoms with van der Waals surface area (Å²) in [6, 6.07) is 0.162. The summed E-state index contributed by atoms with van der Waals surface area (Å²) in [5.41, 5.74) is -0.579. The molecule has 1 amide bonds. The molecular weight excluding hydrogens is 280 g/mol. The summed E-state index contributed by atoms with van der Waals surface area (Å²) in [5.74, 6) is -4.18. The fourth-order valence-corrected chi connectivity index (χ4v) is 1.63. The molecule has 104 valence electrons. The van der Waals surface area contributed by atoms with Crippen molar-refractivity contribution < 1.29 is 23.5 Å². The van der Waals surface area contributed by atoms with Gasteiger partial charge in [-0.1, -0.05) is 24.9 Å². The Kier molecular flexibility index (Phi) is 5.23. The molecule has 0 radical (unpaired) electrons. The molecule has 0 aromatic heterocycles. The number of rotatable bonds is 5. The summed E-state index contributed by atoms with van der Waals surface area (Å²) in [6.07, 6.45) is 0.716. The van der Waals surface area contributed by atoms with E-state index in [1.54, 1.807) is 6.92 Å². The number of hydrogen-bond donors (Lipinski definition) is 2. The number of halogens is 3. The van der Waals surface area contributed by atoms with Crippen LogP contribution in [0.4, 0.5) is 8.78 Å². The summed E-state index contributed by atoms with van der Waals surface area (Å²) in [7, 11) is 0. The van der Waals surface area contributed by atoms with Gasteiger partial charge < -0.3 is 10.4 Å². The van der Waals surface area contributed by atoms with Gasteiger partial charge in [-0.25, -0.2) is 13.6 Å². The third-order valence-corrected chi connectivity index (χ3v) is 2.73. The van der Waals surface area contributed by atoms with Crippen LogP contribution in [-0.2, 0) is 4.79 Å². The van der Waals surface area contributed by atoms with Gasteiger partial charge in [-0.2, -0.15) is 0 Å². The van der Waals surface area contributed by atoms with Crippen LogP contribution in [-0.4, -0.2) is 23.0 Å². The molecule has 1 rings (SSSR count). The van der Waals surface area contributed by atoms with Gasteiger partial charge in [0.05, 0.1) is 10.6 Å². The van der Waals surface area contributed by atoms with Crippen molar-refractivity contribution in [2.75, 3.05) is 0 Å². The molecule has 1 atom stereocenters. The maximum atomic E-state index is 13.5. The minimum Gasteiger partial charge on any atom is -0.480 e. The number of aliphatic carboxylic acids is 1. The van der Waals surface area contributed by atoms with E-state index < -0.39 is 40.1 Å². The standard InChI is InChI=1S/C12H12ClF2NO3/c1-2-3-10(12(18)19)16-11(17)6-4-9(15)7(13)5-8(6)14/h4-5,10H,2-3H2,1H3,(H,16,17)(H,18,19). The minimum absolute atomic E-state index is 0.193. The molecule has 19 heavy (non-hydrogen) atoms. The predicted octanol–water partition coefficient (Wildman–Crippen LogP) is 2.60. The summed E-state index contributed by atoms with van der Waals surface area (Å²) in [6.45, 7) is 1.74. The van der Waals surface area contributed by atoms with E-state index in [2.05, 4.69) is 5.32 Å². The Labute approximate surface area is 113 Å². The van der Waals surface area contributed by atoms with Gasteiger partial charge in [-0.3, -0.25) is 4.79 Å². The maximum absolute atomic E-state index is 13.5. The average Bonchev–Trinajstić information content (AvgIpc) is 2.32. The zero-order valence-electron chi connectivity index (χ0n) is 10.0. The highest BCUT2D eigenvalue weighted by Crippen LogP contribution is 2.19. The van der Waals surface area contributed by atoms with E-state index >= 15 is 0 Å². The monoisotopic (exact) mass is 291 g/mol. The van der Waals surface area contributed by atoms with Crippen LogP contribution >= 0.6 is 11.6 Å². The van der Waals surface area contributed by atoms with E-state index in [-0.39, 0.29) is 6.42 Å². The molecule has 7 heteroatoms. The number of benzene rings is 1. The molecule has 1 unspecified atom stereocenters. The van der Waals surface area contributed by atoms with Crippen LogP contribution < -0.4 is 5.32 Å². The summed E-state index contributed by atoms with van der Waals surface area (Å²) >= 11 is 5.36. The fraction of sp³-hybridized carbons (Fsp3) is 0.333. The molecule has 4 nitrogen and oxygen atoms in total. The molecule has 0 saturated carbocycles. The second-order valence-corrected chi connectivity index (χ2v) is 4.31. The van der Waals surface area contributed by atoms with Crippen molar-refractivity contribution in [3.05, 3.63) is 34.4 Å². The first kappa shape index (κ1) is 15.4. The first-order valence-electron chi connectivity index (χ1n) is 5.55. The van der Waals surface area contributed by atoms with E-state index in [0.29, 0.717) is 18.6 Å². The van der Waals surface area contributed by atoms with Crippen molar-refractivity contribution in [1.82, 2.24) is 5.32 Å². The van der Waals surface area contributed by atoms with Gasteiger partial charge >= 0.3 is 5.97 Å². The largest absolute Gasteiger partial charge is 0.480 e. The Balaban J connectivity index is 2.94. The number of hydrogen-bond acceptors (Lipinski definition) is 2. The zero-order valence-corrected chi connectivity index (χ0v) is 10.8. The SMILES string of the molecule is CCCC(NC(=O)c1cc(F)c(Cl)cc1F)C(=O)O. The van der Waals surface area contributed by atoms with Gasteiger partial charge in [0.2, 0.25) is 0 Å². The lowest BCUT2D eigenvalue weighted by Crippen LogP contribution is -2.41. The smallest absolute Gasteiger partial charge is 0.326 e. The van der Waals surface area contributed by atoms with Gasteiger partial charge in [-0.15, -0.1) is 0 Å². The minimum atomic E-state index is -1.23. The summed E-state index contributed by atoms with van der Waals surface area (Å²) in [4.78, 5) is 22.6. The van der Waals surface area contributed by atoms with Crippen LogP contribution in [0.15, 0.2) is 12.1 Å². The number of carbonyl (C=O) groups excluding carboxylic acids is 1. The van der Waals surface area contributed by atoms with Crippen molar-refractivity contribution in [2.24, 2.45) is 0 Å². The Morgan fingerprint density at radius 3 is 2.53 bits per heavy atom. The first-order chi connectivity index (χ1) is 8.86. The molecule has 1 aromatic carbocycles.